The van der Waals surface area contributed by atoms with E-state index < -0.39 is 10.0 Å². The van der Waals surface area contributed by atoms with Gasteiger partial charge in [0.05, 0.1) is 6.20 Å². The number of hydrogen-bond donors (Lipinski definition) is 1. The van der Waals surface area contributed by atoms with Crippen LogP contribution in [0.4, 0.5) is 0 Å². The van der Waals surface area contributed by atoms with Crippen LogP contribution in [0, 0.1) is 0 Å². The van der Waals surface area contributed by atoms with Gasteiger partial charge in [0.2, 0.25) is 10.0 Å². The van der Waals surface area contributed by atoms with Crippen molar-refractivity contribution in [2.75, 3.05) is 13.6 Å². The summed E-state index contributed by atoms with van der Waals surface area (Å²) in [5, 5.41) is 4.72. The van der Waals surface area contributed by atoms with Crippen molar-refractivity contribution in [2.24, 2.45) is 12.8 Å². The lowest BCUT2D eigenvalue weighted by atomic mass is 9.56. The molecule has 0 amide bonds. The smallest absolute Gasteiger partial charge is 0.246 e. The van der Waals surface area contributed by atoms with Crippen LogP contribution in [-0.4, -0.2) is 36.1 Å². The normalized spacial score (nSPS) is 16.7. The van der Waals surface area contributed by atoms with Crippen LogP contribution < -0.4 is 5.73 Å². The summed E-state index contributed by atoms with van der Waals surface area (Å²) in [4.78, 5) is 0.189. The summed E-state index contributed by atoms with van der Waals surface area (Å²) in [6, 6.07) is 16.3. The fourth-order valence-corrected chi connectivity index (χ4v) is 6.09. The lowest BCUT2D eigenvalue weighted by molar-refractivity contribution is 0.196. The first-order valence-corrected chi connectivity index (χ1v) is 12.6. The van der Waals surface area contributed by atoms with Crippen LogP contribution in [0.15, 0.2) is 65.8 Å². The molecule has 32 heavy (non-hydrogen) atoms. The number of halogens is 1. The lowest BCUT2D eigenvalue weighted by Gasteiger charge is -2.48. The highest BCUT2D eigenvalue weighted by Crippen LogP contribution is 2.53. The van der Waals surface area contributed by atoms with Gasteiger partial charge in [-0.2, -0.15) is 9.40 Å². The number of aromatic nitrogens is 2. The van der Waals surface area contributed by atoms with E-state index in [1.54, 1.807) is 14.1 Å². The second kappa shape index (κ2) is 8.98. The van der Waals surface area contributed by atoms with E-state index in [0.29, 0.717) is 6.54 Å². The number of benzene rings is 2. The molecule has 2 N–H and O–H groups in total. The van der Waals surface area contributed by atoms with Crippen molar-refractivity contribution in [3.05, 3.63) is 82.6 Å². The summed E-state index contributed by atoms with van der Waals surface area (Å²) >= 11 is 6.12. The molecule has 8 heteroatoms. The molecule has 170 valence electrons. The average molecular weight is 473 g/mol. The third-order valence-corrected chi connectivity index (χ3v) is 8.72. The maximum absolute atomic E-state index is 12.9. The standard InChI is InChI=1S/C24H29ClN4O2S/c1-28-17-22(15-27-28)32(30,31)29(2)16-18-5-3-6-19(13-18)23(14-26)24(11-4-12-24)20-7-9-21(25)10-8-20/h3,5-10,13,15,17,23H,4,11-12,14,16,26H2,1-2H3. The highest BCUT2D eigenvalue weighted by Gasteiger charge is 2.45. The van der Waals surface area contributed by atoms with Gasteiger partial charge in [-0.05, 0) is 41.7 Å². The minimum absolute atomic E-state index is 0.00829. The molecular weight excluding hydrogens is 444 g/mol. The van der Waals surface area contributed by atoms with Crippen LogP contribution in [0.5, 0.6) is 0 Å². The molecule has 1 fully saturated rings. The van der Waals surface area contributed by atoms with Crippen LogP contribution in [0.3, 0.4) is 0 Å². The number of sulfonamides is 1. The maximum Gasteiger partial charge on any atom is 0.246 e. The summed E-state index contributed by atoms with van der Waals surface area (Å²) in [5.74, 6) is 0.151. The predicted molar refractivity (Wildman–Crippen MR) is 127 cm³/mol. The van der Waals surface area contributed by atoms with E-state index in [2.05, 4.69) is 29.4 Å². The zero-order chi connectivity index (χ0) is 22.9. The van der Waals surface area contributed by atoms with Crippen LogP contribution in [-0.2, 0) is 29.0 Å². The first-order chi connectivity index (χ1) is 15.3. The molecule has 1 atom stereocenters. The lowest BCUT2D eigenvalue weighted by Crippen LogP contribution is -2.43. The highest BCUT2D eigenvalue weighted by molar-refractivity contribution is 7.89. The zero-order valence-electron chi connectivity index (χ0n) is 18.4. The van der Waals surface area contributed by atoms with Gasteiger partial charge in [-0.1, -0.05) is 54.4 Å². The number of rotatable bonds is 8. The minimum atomic E-state index is -3.61. The topological polar surface area (TPSA) is 81.2 Å². The predicted octanol–water partition coefficient (Wildman–Crippen LogP) is 4.06. The third kappa shape index (κ3) is 4.22. The molecule has 2 aromatic carbocycles. The molecular formula is C24H29ClN4O2S. The summed E-state index contributed by atoms with van der Waals surface area (Å²) in [6.07, 6.45) is 6.22. The van der Waals surface area contributed by atoms with Crippen molar-refractivity contribution in [3.8, 4) is 0 Å². The second-order valence-corrected chi connectivity index (χ2v) is 11.1. The Kier molecular flexibility index (Phi) is 6.45. The molecule has 1 unspecified atom stereocenters. The number of nitrogens with zero attached hydrogens (tertiary/aromatic N) is 3. The van der Waals surface area contributed by atoms with Gasteiger partial charge in [0.1, 0.15) is 4.90 Å². The molecule has 0 bridgehead atoms. The van der Waals surface area contributed by atoms with Crippen LogP contribution in [0.2, 0.25) is 5.02 Å². The molecule has 0 saturated heterocycles. The Balaban J connectivity index is 1.60. The van der Waals surface area contributed by atoms with Gasteiger partial charge >= 0.3 is 0 Å². The van der Waals surface area contributed by atoms with E-state index in [-0.39, 0.29) is 22.8 Å². The summed E-state index contributed by atoms with van der Waals surface area (Å²) in [7, 11) is -0.317. The Hall–Kier alpha value is -2.19. The van der Waals surface area contributed by atoms with Crippen molar-refractivity contribution in [2.45, 2.75) is 42.0 Å². The number of aryl methyl sites for hydroxylation is 1. The monoisotopic (exact) mass is 472 g/mol. The van der Waals surface area contributed by atoms with Crippen molar-refractivity contribution in [1.29, 1.82) is 0 Å². The van der Waals surface area contributed by atoms with Crippen molar-refractivity contribution in [1.82, 2.24) is 14.1 Å². The van der Waals surface area contributed by atoms with Gasteiger partial charge in [-0.25, -0.2) is 8.42 Å². The molecule has 1 aromatic heterocycles. The van der Waals surface area contributed by atoms with Crippen LogP contribution >= 0.6 is 11.6 Å². The molecule has 1 saturated carbocycles. The molecule has 0 spiro atoms. The Bertz CT molecular complexity index is 1190. The molecule has 0 radical (unpaired) electrons. The van der Waals surface area contributed by atoms with E-state index in [1.807, 2.05) is 24.3 Å². The Morgan fingerprint density at radius 2 is 1.94 bits per heavy atom. The van der Waals surface area contributed by atoms with E-state index in [0.717, 1.165) is 29.0 Å². The largest absolute Gasteiger partial charge is 0.330 e. The quantitative estimate of drug-likeness (QED) is 0.536. The average Bonchev–Trinajstić information content (AvgIpc) is 3.19. The maximum atomic E-state index is 12.9. The molecule has 1 aliphatic rings. The summed E-state index contributed by atoms with van der Waals surface area (Å²) < 4.78 is 28.6. The van der Waals surface area contributed by atoms with Gasteiger partial charge in [0, 0.05) is 49.7 Å². The zero-order valence-corrected chi connectivity index (χ0v) is 20.0. The first-order valence-electron chi connectivity index (χ1n) is 10.8. The summed E-state index contributed by atoms with van der Waals surface area (Å²) in [6.45, 7) is 0.798. The van der Waals surface area contributed by atoms with E-state index in [9.17, 15) is 8.42 Å². The summed E-state index contributed by atoms with van der Waals surface area (Å²) in [5.41, 5.74) is 9.66. The molecule has 4 rings (SSSR count). The van der Waals surface area contributed by atoms with E-state index >= 15 is 0 Å². The molecule has 3 aromatic rings. The molecule has 1 heterocycles. The fraction of sp³-hybridized carbons (Fsp3) is 0.375. The van der Waals surface area contributed by atoms with Crippen LogP contribution in [0.1, 0.15) is 41.9 Å². The van der Waals surface area contributed by atoms with Crippen molar-refractivity contribution in [3.63, 3.8) is 0 Å². The SMILES string of the molecule is CN(Cc1cccc(C(CN)C2(c3ccc(Cl)cc3)CCC2)c1)S(=O)(=O)c1cnn(C)c1. The van der Waals surface area contributed by atoms with E-state index in [1.165, 1.54) is 33.4 Å². The third-order valence-electron chi connectivity index (χ3n) is 6.72. The van der Waals surface area contributed by atoms with Gasteiger partial charge in [-0.3, -0.25) is 4.68 Å². The van der Waals surface area contributed by atoms with E-state index in [4.69, 9.17) is 17.3 Å². The fourth-order valence-electron chi connectivity index (χ4n) is 4.82. The first kappa shape index (κ1) is 23.0. The highest BCUT2D eigenvalue weighted by atomic mass is 35.5. The van der Waals surface area contributed by atoms with Gasteiger partial charge < -0.3 is 5.73 Å². The Morgan fingerprint density at radius 3 is 2.50 bits per heavy atom. The second-order valence-electron chi connectivity index (χ2n) is 8.66. The molecule has 6 nitrogen and oxygen atoms in total. The van der Waals surface area contributed by atoms with Crippen molar-refractivity contribution < 1.29 is 8.42 Å². The Morgan fingerprint density at radius 1 is 1.22 bits per heavy atom. The Labute approximate surface area is 195 Å². The number of hydrogen-bond acceptors (Lipinski definition) is 4. The van der Waals surface area contributed by atoms with Gasteiger partial charge in [-0.15, -0.1) is 0 Å². The van der Waals surface area contributed by atoms with Crippen LogP contribution in [0.25, 0.3) is 0 Å². The van der Waals surface area contributed by atoms with Gasteiger partial charge in [0.15, 0.2) is 0 Å². The number of nitrogens with two attached hydrogens (primary N) is 1. The molecule has 0 aliphatic heterocycles. The van der Waals surface area contributed by atoms with Crippen molar-refractivity contribution >= 4 is 21.6 Å². The minimum Gasteiger partial charge on any atom is -0.330 e. The van der Waals surface area contributed by atoms with Gasteiger partial charge in [0.25, 0.3) is 0 Å². The molecule has 1 aliphatic carbocycles.